The van der Waals surface area contributed by atoms with E-state index >= 15 is 0 Å². The number of nitrogens with zero attached hydrogens (tertiary/aromatic N) is 3. The fourth-order valence-corrected chi connectivity index (χ4v) is 3.01. The molecule has 1 aromatic carbocycles. The quantitative estimate of drug-likeness (QED) is 0.906. The Labute approximate surface area is 148 Å². The highest BCUT2D eigenvalue weighted by Crippen LogP contribution is 2.22. The van der Waals surface area contributed by atoms with Crippen LogP contribution in [0.15, 0.2) is 30.5 Å². The van der Waals surface area contributed by atoms with Gasteiger partial charge in [-0.3, -0.25) is 4.79 Å². The van der Waals surface area contributed by atoms with Gasteiger partial charge in [-0.1, -0.05) is 31.0 Å². The van der Waals surface area contributed by atoms with Crippen LogP contribution in [0.25, 0.3) is 5.69 Å². The first-order valence-corrected chi connectivity index (χ1v) is 8.83. The van der Waals surface area contributed by atoms with Gasteiger partial charge in [0.25, 0.3) is 5.91 Å². The van der Waals surface area contributed by atoms with Crippen LogP contribution in [0.1, 0.15) is 24.6 Å². The largest absolute Gasteiger partial charge is 0.366 e. The lowest BCUT2D eigenvalue weighted by molar-refractivity contribution is -0.132. The van der Waals surface area contributed by atoms with Crippen LogP contribution in [0.2, 0.25) is 0 Å². The van der Waals surface area contributed by atoms with Gasteiger partial charge in [-0.05, 0) is 32.5 Å². The Bertz CT molecular complexity index is 724. The molecule has 1 aromatic heterocycles. The molecule has 0 bridgehead atoms. The molecule has 1 saturated heterocycles. The molecule has 1 aliphatic heterocycles. The van der Waals surface area contributed by atoms with E-state index in [0.29, 0.717) is 13.2 Å². The molecule has 0 saturated carbocycles. The third kappa shape index (κ3) is 4.08. The molecule has 0 aliphatic carbocycles. The van der Waals surface area contributed by atoms with Crippen LogP contribution in [0.3, 0.4) is 0 Å². The topological polar surface area (TPSA) is 59.4 Å². The number of anilines is 1. The molecular weight excluding hydrogens is 316 g/mol. The average Bonchev–Trinajstić information content (AvgIpc) is 2.98. The summed E-state index contributed by atoms with van der Waals surface area (Å²) in [5.74, 6) is -0.104. The number of carbonyl (C=O) groups is 1. The van der Waals surface area contributed by atoms with Crippen LogP contribution in [0.4, 0.5) is 5.69 Å². The molecule has 0 radical (unpaired) electrons. The van der Waals surface area contributed by atoms with Crippen LogP contribution >= 0.6 is 0 Å². The lowest BCUT2D eigenvalue weighted by Crippen LogP contribution is -2.46. The van der Waals surface area contributed by atoms with Crippen molar-refractivity contribution in [3.63, 3.8) is 0 Å². The minimum atomic E-state index is -0.434. The minimum Gasteiger partial charge on any atom is -0.366 e. The van der Waals surface area contributed by atoms with Crippen molar-refractivity contribution in [2.75, 3.05) is 32.1 Å². The lowest BCUT2D eigenvalue weighted by atomic mass is 10.2. The van der Waals surface area contributed by atoms with Crippen molar-refractivity contribution in [2.24, 2.45) is 0 Å². The van der Waals surface area contributed by atoms with Gasteiger partial charge in [0.05, 0.1) is 29.9 Å². The van der Waals surface area contributed by atoms with Crippen LogP contribution in [-0.4, -0.2) is 53.4 Å². The molecular formula is C19H26N4O2. The van der Waals surface area contributed by atoms with Crippen molar-refractivity contribution in [1.29, 1.82) is 0 Å². The third-order valence-electron chi connectivity index (χ3n) is 4.45. The predicted octanol–water partition coefficient (Wildman–Crippen LogP) is 2.40. The molecule has 25 heavy (non-hydrogen) atoms. The van der Waals surface area contributed by atoms with Crippen LogP contribution in [0.5, 0.6) is 0 Å². The Hall–Kier alpha value is -2.18. The Morgan fingerprint density at radius 2 is 2.12 bits per heavy atom. The van der Waals surface area contributed by atoms with E-state index < -0.39 is 6.10 Å². The van der Waals surface area contributed by atoms with Gasteiger partial charge in [-0.2, -0.15) is 5.10 Å². The molecule has 134 valence electrons. The summed E-state index contributed by atoms with van der Waals surface area (Å²) in [6.07, 6.45) is 3.11. The first-order chi connectivity index (χ1) is 12.1. The number of likely N-dealkylation sites (N-methyl/N-ethyl adjacent to an activating group) is 1. The summed E-state index contributed by atoms with van der Waals surface area (Å²) in [7, 11) is 2.00. The first kappa shape index (κ1) is 17.6. The highest BCUT2D eigenvalue weighted by atomic mass is 16.5. The number of carbonyl (C=O) groups excluding carboxylic acids is 1. The van der Waals surface area contributed by atoms with Gasteiger partial charge in [0.2, 0.25) is 0 Å². The fourth-order valence-electron chi connectivity index (χ4n) is 3.01. The van der Waals surface area contributed by atoms with Gasteiger partial charge < -0.3 is 15.0 Å². The monoisotopic (exact) mass is 342 g/mol. The molecule has 3 rings (SSSR count). The summed E-state index contributed by atoms with van der Waals surface area (Å²) in [6, 6.07) is 8.23. The lowest BCUT2D eigenvalue weighted by Gasteiger charge is -2.29. The number of rotatable bonds is 5. The van der Waals surface area contributed by atoms with Crippen molar-refractivity contribution >= 4 is 11.6 Å². The zero-order chi connectivity index (χ0) is 17.8. The zero-order valence-electron chi connectivity index (χ0n) is 15.2. The number of hydrogen-bond donors (Lipinski definition) is 1. The maximum absolute atomic E-state index is 12.6. The molecule has 2 aromatic rings. The van der Waals surface area contributed by atoms with Gasteiger partial charge in [0.15, 0.2) is 0 Å². The van der Waals surface area contributed by atoms with Crippen LogP contribution < -0.4 is 5.32 Å². The van der Waals surface area contributed by atoms with E-state index in [0.717, 1.165) is 36.5 Å². The van der Waals surface area contributed by atoms with E-state index in [1.807, 2.05) is 23.9 Å². The average molecular weight is 342 g/mol. The summed E-state index contributed by atoms with van der Waals surface area (Å²) in [5.41, 5.74) is 4.00. The normalized spacial score (nSPS) is 18.3. The summed E-state index contributed by atoms with van der Waals surface area (Å²) in [6.45, 7) is 6.24. The van der Waals surface area contributed by atoms with E-state index in [4.69, 9.17) is 4.74 Å². The second kappa shape index (κ2) is 7.80. The van der Waals surface area contributed by atoms with Gasteiger partial charge in [-0.25, -0.2) is 4.68 Å². The van der Waals surface area contributed by atoms with E-state index in [-0.39, 0.29) is 5.91 Å². The molecule has 0 spiro atoms. The van der Waals surface area contributed by atoms with E-state index in [2.05, 4.69) is 41.3 Å². The predicted molar refractivity (Wildman–Crippen MR) is 98.2 cm³/mol. The maximum atomic E-state index is 12.6. The summed E-state index contributed by atoms with van der Waals surface area (Å²) in [5, 5.41) is 7.51. The van der Waals surface area contributed by atoms with Crippen molar-refractivity contribution in [3.05, 3.63) is 41.7 Å². The van der Waals surface area contributed by atoms with Crippen molar-refractivity contribution in [1.82, 2.24) is 14.7 Å². The van der Waals surface area contributed by atoms with Gasteiger partial charge >= 0.3 is 0 Å². The number of ether oxygens (including phenoxy) is 1. The number of hydrogen-bond acceptors (Lipinski definition) is 4. The van der Waals surface area contributed by atoms with Gasteiger partial charge in [0, 0.05) is 13.1 Å². The number of benzene rings is 1. The standard InChI is InChI=1S/C19H26N4O2/c1-4-5-17-16(21-19(24)18-13-22(3)10-11-25-18)12-20-23(17)15-8-6-14(2)7-9-15/h6-9,12,18H,4-5,10-11,13H2,1-3H3,(H,21,24)/t18-/m1/s1. The molecule has 1 N–H and O–H groups in total. The number of aromatic nitrogens is 2. The highest BCUT2D eigenvalue weighted by Gasteiger charge is 2.26. The third-order valence-corrected chi connectivity index (χ3v) is 4.45. The van der Waals surface area contributed by atoms with Crippen molar-refractivity contribution < 1.29 is 9.53 Å². The summed E-state index contributed by atoms with van der Waals surface area (Å²) >= 11 is 0. The molecule has 0 unspecified atom stereocenters. The molecule has 6 nitrogen and oxygen atoms in total. The Morgan fingerprint density at radius 3 is 2.80 bits per heavy atom. The Balaban J connectivity index is 1.81. The highest BCUT2D eigenvalue weighted by molar-refractivity contribution is 5.94. The smallest absolute Gasteiger partial charge is 0.254 e. The summed E-state index contributed by atoms with van der Waals surface area (Å²) in [4.78, 5) is 14.7. The minimum absolute atomic E-state index is 0.104. The van der Waals surface area contributed by atoms with E-state index in [1.165, 1.54) is 5.56 Å². The molecule has 1 amide bonds. The Morgan fingerprint density at radius 1 is 1.36 bits per heavy atom. The van der Waals surface area contributed by atoms with Crippen molar-refractivity contribution in [2.45, 2.75) is 32.8 Å². The molecule has 1 fully saturated rings. The molecule has 1 aliphatic rings. The SMILES string of the molecule is CCCc1c(NC(=O)[C@H]2CN(C)CCO2)cnn1-c1ccc(C)cc1. The van der Waals surface area contributed by atoms with Crippen LogP contribution in [-0.2, 0) is 16.0 Å². The second-order valence-electron chi connectivity index (χ2n) is 6.61. The van der Waals surface area contributed by atoms with Crippen molar-refractivity contribution in [3.8, 4) is 5.69 Å². The number of nitrogens with one attached hydrogen (secondary N) is 1. The number of aryl methyl sites for hydroxylation is 1. The van der Waals surface area contributed by atoms with E-state index in [9.17, 15) is 4.79 Å². The maximum Gasteiger partial charge on any atom is 0.254 e. The molecule has 2 heterocycles. The van der Waals surface area contributed by atoms with Crippen LogP contribution in [0, 0.1) is 6.92 Å². The fraction of sp³-hybridized carbons (Fsp3) is 0.474. The number of amides is 1. The molecule has 6 heteroatoms. The molecule has 1 atom stereocenters. The zero-order valence-corrected chi connectivity index (χ0v) is 15.2. The van der Waals surface area contributed by atoms with Gasteiger partial charge in [0.1, 0.15) is 6.10 Å². The van der Waals surface area contributed by atoms with E-state index in [1.54, 1.807) is 6.20 Å². The second-order valence-corrected chi connectivity index (χ2v) is 6.61. The first-order valence-electron chi connectivity index (χ1n) is 8.83. The number of morpholine rings is 1. The Kier molecular flexibility index (Phi) is 5.50. The summed E-state index contributed by atoms with van der Waals surface area (Å²) < 4.78 is 7.52. The van der Waals surface area contributed by atoms with Gasteiger partial charge in [-0.15, -0.1) is 0 Å².